The number of fused-ring (bicyclic) bond motifs is 1. The maximum absolute atomic E-state index is 12.2. The van der Waals surface area contributed by atoms with E-state index in [0.717, 1.165) is 16.9 Å². The van der Waals surface area contributed by atoms with Crippen LogP contribution in [0.1, 0.15) is 26.8 Å². The summed E-state index contributed by atoms with van der Waals surface area (Å²) in [6, 6.07) is 8.48. The molecule has 3 heterocycles. The fourth-order valence-electron chi connectivity index (χ4n) is 2.55. The number of sulfone groups is 1. The summed E-state index contributed by atoms with van der Waals surface area (Å²) in [6.07, 6.45) is 2.88. The first kappa shape index (κ1) is 19.2. The lowest BCUT2D eigenvalue weighted by Crippen LogP contribution is -2.18. The van der Waals surface area contributed by atoms with Gasteiger partial charge in [0.2, 0.25) is 6.79 Å². The summed E-state index contributed by atoms with van der Waals surface area (Å²) in [5.41, 5.74) is 3.18. The van der Waals surface area contributed by atoms with Gasteiger partial charge in [-0.2, -0.15) is 5.10 Å². The number of aromatic nitrogens is 1. The lowest BCUT2D eigenvalue weighted by atomic mass is 10.2. The molecule has 2 aromatic heterocycles. The highest BCUT2D eigenvalue weighted by Crippen LogP contribution is 2.31. The van der Waals surface area contributed by atoms with Crippen molar-refractivity contribution in [2.45, 2.75) is 11.5 Å². The Hall–Kier alpha value is -3.18. The predicted octanol–water partition coefficient (Wildman–Crippen LogP) is 2.34. The molecule has 0 saturated carbocycles. The third kappa shape index (κ3) is 4.81. The molecule has 9 nitrogen and oxygen atoms in total. The zero-order valence-corrected chi connectivity index (χ0v) is 16.5. The van der Waals surface area contributed by atoms with Gasteiger partial charge in [-0.25, -0.2) is 18.8 Å². The average molecular weight is 433 g/mol. The van der Waals surface area contributed by atoms with Gasteiger partial charge >= 0.3 is 0 Å². The Morgan fingerprint density at radius 3 is 2.93 bits per heavy atom. The molecule has 1 aromatic carbocycles. The number of thiazole rings is 1. The molecule has 1 N–H and O–H groups in total. The number of nitrogens with zero attached hydrogens (tertiary/aromatic N) is 2. The third-order valence-corrected chi connectivity index (χ3v) is 6.32. The van der Waals surface area contributed by atoms with E-state index in [2.05, 4.69) is 15.5 Å². The molecule has 29 heavy (non-hydrogen) atoms. The second-order valence-electron chi connectivity index (χ2n) is 6.05. The van der Waals surface area contributed by atoms with Gasteiger partial charge in [-0.3, -0.25) is 4.79 Å². The zero-order valence-electron chi connectivity index (χ0n) is 14.9. The van der Waals surface area contributed by atoms with E-state index < -0.39 is 15.7 Å². The minimum atomic E-state index is -3.46. The van der Waals surface area contributed by atoms with Crippen molar-refractivity contribution in [3.05, 3.63) is 64.0 Å². The van der Waals surface area contributed by atoms with E-state index in [1.165, 1.54) is 17.9 Å². The topological polar surface area (TPSA) is 120 Å². The summed E-state index contributed by atoms with van der Waals surface area (Å²) in [4.78, 5) is 16.3. The molecule has 0 aliphatic carbocycles. The molecule has 0 atom stereocenters. The minimum Gasteiger partial charge on any atom is -0.468 e. The Morgan fingerprint density at radius 1 is 1.24 bits per heavy atom. The third-order valence-electron chi connectivity index (χ3n) is 3.85. The van der Waals surface area contributed by atoms with Crippen molar-refractivity contribution >= 4 is 33.3 Å². The molecule has 0 unspecified atom stereocenters. The van der Waals surface area contributed by atoms with Crippen molar-refractivity contribution in [3.8, 4) is 11.5 Å². The average Bonchev–Trinajstić information content (AvgIpc) is 3.42. The molecule has 4 rings (SSSR count). The molecule has 0 bridgehead atoms. The summed E-state index contributed by atoms with van der Waals surface area (Å²) in [5.74, 6) is 0.598. The number of furan rings is 1. The molecule has 1 amide bonds. The molecule has 1 aliphatic rings. The van der Waals surface area contributed by atoms with Crippen LogP contribution in [-0.4, -0.2) is 32.3 Å². The SMILES string of the molecule is O=C(NN=Cc1ccc2c(c1)OCO2)c1csc(CS(=O)(=O)Cc2ccco2)n1. The van der Waals surface area contributed by atoms with Crippen LogP contribution in [0.25, 0.3) is 0 Å². The van der Waals surface area contributed by atoms with Crippen LogP contribution >= 0.6 is 11.3 Å². The van der Waals surface area contributed by atoms with Crippen LogP contribution in [-0.2, 0) is 21.3 Å². The number of carbonyl (C=O) groups is 1. The van der Waals surface area contributed by atoms with Crippen LogP contribution < -0.4 is 14.9 Å². The van der Waals surface area contributed by atoms with Gasteiger partial charge in [0, 0.05) is 5.38 Å². The molecule has 150 valence electrons. The van der Waals surface area contributed by atoms with Crippen LogP contribution in [0.5, 0.6) is 11.5 Å². The van der Waals surface area contributed by atoms with Crippen molar-refractivity contribution in [2.75, 3.05) is 6.79 Å². The van der Waals surface area contributed by atoms with Gasteiger partial charge < -0.3 is 13.9 Å². The zero-order chi connectivity index (χ0) is 20.3. The Morgan fingerprint density at radius 2 is 2.10 bits per heavy atom. The normalized spacial score (nSPS) is 13.1. The number of carbonyl (C=O) groups excluding carboxylic acids is 1. The lowest BCUT2D eigenvalue weighted by Gasteiger charge is -1.99. The lowest BCUT2D eigenvalue weighted by molar-refractivity contribution is 0.0950. The predicted molar refractivity (Wildman–Crippen MR) is 105 cm³/mol. The van der Waals surface area contributed by atoms with Crippen molar-refractivity contribution in [1.29, 1.82) is 0 Å². The highest BCUT2D eigenvalue weighted by molar-refractivity contribution is 7.89. The van der Waals surface area contributed by atoms with E-state index in [1.807, 2.05) is 0 Å². The summed E-state index contributed by atoms with van der Waals surface area (Å²) in [6.45, 7) is 0.177. The van der Waals surface area contributed by atoms with Crippen LogP contribution in [0, 0.1) is 0 Å². The van der Waals surface area contributed by atoms with Crippen molar-refractivity contribution in [2.24, 2.45) is 5.10 Å². The molecule has 11 heteroatoms. The maximum atomic E-state index is 12.2. The summed E-state index contributed by atoms with van der Waals surface area (Å²) in [5, 5.41) is 5.70. The number of rotatable bonds is 7. The van der Waals surface area contributed by atoms with Crippen LogP contribution in [0.2, 0.25) is 0 Å². The monoisotopic (exact) mass is 433 g/mol. The maximum Gasteiger partial charge on any atom is 0.290 e. The van der Waals surface area contributed by atoms with Crippen molar-refractivity contribution in [3.63, 3.8) is 0 Å². The largest absolute Gasteiger partial charge is 0.468 e. The molecule has 0 fully saturated rings. The molecule has 0 saturated heterocycles. The number of hydrogen-bond donors (Lipinski definition) is 1. The first-order valence-corrected chi connectivity index (χ1v) is 11.1. The molecule has 3 aromatic rings. The summed E-state index contributed by atoms with van der Waals surface area (Å²) < 4.78 is 40.0. The second kappa shape index (κ2) is 8.05. The number of hydrogen-bond acceptors (Lipinski definition) is 9. The van der Waals surface area contributed by atoms with Gasteiger partial charge in [-0.15, -0.1) is 11.3 Å². The molecule has 0 radical (unpaired) electrons. The van der Waals surface area contributed by atoms with E-state index in [1.54, 1.807) is 30.3 Å². The first-order valence-electron chi connectivity index (χ1n) is 8.39. The van der Waals surface area contributed by atoms with Crippen LogP contribution in [0.3, 0.4) is 0 Å². The van der Waals surface area contributed by atoms with Crippen molar-refractivity contribution < 1.29 is 27.1 Å². The number of amides is 1. The Bertz CT molecular complexity index is 1150. The first-order chi connectivity index (χ1) is 14.0. The fraction of sp³-hybridized carbons (Fsp3) is 0.167. The highest BCUT2D eigenvalue weighted by atomic mass is 32.2. The van der Waals surface area contributed by atoms with Gasteiger partial charge in [-0.05, 0) is 35.9 Å². The van der Waals surface area contributed by atoms with Crippen LogP contribution in [0.15, 0.2) is 51.5 Å². The highest BCUT2D eigenvalue weighted by Gasteiger charge is 2.19. The Kier molecular flexibility index (Phi) is 5.32. The summed E-state index contributed by atoms with van der Waals surface area (Å²) in [7, 11) is -3.46. The Balaban J connectivity index is 1.34. The van der Waals surface area contributed by atoms with Crippen molar-refractivity contribution in [1.82, 2.24) is 10.4 Å². The van der Waals surface area contributed by atoms with Crippen LogP contribution in [0.4, 0.5) is 0 Å². The van der Waals surface area contributed by atoms with E-state index >= 15 is 0 Å². The quantitative estimate of drug-likeness (QED) is 0.448. The van der Waals surface area contributed by atoms with E-state index in [4.69, 9.17) is 13.9 Å². The smallest absolute Gasteiger partial charge is 0.290 e. The summed E-state index contributed by atoms with van der Waals surface area (Å²) >= 11 is 1.10. The Labute approximate surface area is 169 Å². The van der Waals surface area contributed by atoms with E-state index in [0.29, 0.717) is 22.3 Å². The van der Waals surface area contributed by atoms with Gasteiger partial charge in [0.15, 0.2) is 21.3 Å². The van der Waals surface area contributed by atoms with Gasteiger partial charge in [0.25, 0.3) is 5.91 Å². The second-order valence-corrected chi connectivity index (χ2v) is 9.06. The molecule has 1 aliphatic heterocycles. The number of hydrazone groups is 1. The minimum absolute atomic E-state index is 0.0982. The van der Waals surface area contributed by atoms with E-state index in [-0.39, 0.29) is 24.0 Å². The number of ether oxygens (including phenoxy) is 2. The van der Waals surface area contributed by atoms with Gasteiger partial charge in [0.05, 0.1) is 12.5 Å². The van der Waals surface area contributed by atoms with Gasteiger partial charge in [-0.1, -0.05) is 0 Å². The number of nitrogens with one attached hydrogen (secondary N) is 1. The van der Waals surface area contributed by atoms with E-state index in [9.17, 15) is 13.2 Å². The number of benzene rings is 1. The van der Waals surface area contributed by atoms with Gasteiger partial charge in [0.1, 0.15) is 28.0 Å². The molecular formula is C18H15N3O6S2. The fourth-order valence-corrected chi connectivity index (χ4v) is 5.06. The molecular weight excluding hydrogens is 418 g/mol. The molecule has 0 spiro atoms. The standard InChI is InChI=1S/C18H15N3O6S2/c22-18(21-19-7-12-3-4-15-16(6-12)27-11-26-15)14-8-28-17(20-14)10-29(23,24)9-13-2-1-5-25-13/h1-8H,9-11H2,(H,21,22).